The summed E-state index contributed by atoms with van der Waals surface area (Å²) in [5.74, 6) is 0.402. The Morgan fingerprint density at radius 3 is 2.85 bits per heavy atom. The van der Waals surface area contributed by atoms with E-state index in [-0.39, 0.29) is 15.7 Å². The van der Waals surface area contributed by atoms with Gasteiger partial charge in [0, 0.05) is 11.9 Å². The van der Waals surface area contributed by atoms with Gasteiger partial charge in [0.05, 0.1) is 21.2 Å². The van der Waals surface area contributed by atoms with Crippen LogP contribution < -0.4 is 10.6 Å². The van der Waals surface area contributed by atoms with Gasteiger partial charge >= 0.3 is 0 Å². The number of nitrogens with one attached hydrogen (secondary N) is 2. The van der Waals surface area contributed by atoms with E-state index in [2.05, 4.69) is 32.7 Å². The number of hydrogen-bond donors (Lipinski definition) is 2. The molecule has 4 rings (SSSR count). The lowest BCUT2D eigenvalue weighted by Crippen LogP contribution is -2.28. The van der Waals surface area contributed by atoms with E-state index in [1.165, 1.54) is 11.9 Å². The van der Waals surface area contributed by atoms with Crippen LogP contribution in [0.3, 0.4) is 0 Å². The highest BCUT2D eigenvalue weighted by Crippen LogP contribution is 2.33. The fourth-order valence-electron chi connectivity index (χ4n) is 3.31. The molecule has 2 aromatic carbocycles. The minimum atomic E-state index is -0.599. The van der Waals surface area contributed by atoms with Crippen LogP contribution in [0.15, 0.2) is 36.7 Å². The molecule has 2 N–H and O–H groups in total. The molecule has 4 nitrogen and oxygen atoms in total. The summed E-state index contributed by atoms with van der Waals surface area (Å²) in [5.41, 5.74) is 2.26. The first-order chi connectivity index (χ1) is 12.6. The summed E-state index contributed by atoms with van der Waals surface area (Å²) < 4.78 is 14.4. The van der Waals surface area contributed by atoms with Crippen molar-refractivity contribution in [2.24, 2.45) is 0 Å². The van der Waals surface area contributed by atoms with E-state index in [1.54, 1.807) is 12.1 Å². The van der Waals surface area contributed by atoms with E-state index >= 15 is 0 Å². The smallest absolute Gasteiger partial charge is 0.166 e. The first-order valence-electron chi connectivity index (χ1n) is 8.49. The van der Waals surface area contributed by atoms with Gasteiger partial charge in [0.25, 0.3) is 0 Å². The number of piperidine rings is 1. The number of rotatable bonds is 3. The summed E-state index contributed by atoms with van der Waals surface area (Å²) >= 11 is 11.8. The van der Waals surface area contributed by atoms with Crippen molar-refractivity contribution in [2.45, 2.75) is 18.8 Å². The van der Waals surface area contributed by atoms with Crippen LogP contribution in [0, 0.1) is 5.82 Å². The summed E-state index contributed by atoms with van der Waals surface area (Å²) in [6, 6.07) is 9.28. The molecule has 3 aromatic rings. The summed E-state index contributed by atoms with van der Waals surface area (Å²) in [5, 5.41) is 7.38. The number of hydrogen-bond acceptors (Lipinski definition) is 4. The standard InChI is InChI=1S/C19H17Cl2FN4/c20-14-4-6-16(18(22)17(14)21)26-19-13-8-11(12-2-1-7-23-9-12)3-5-15(13)24-10-25-19/h3-6,8,10,12,23H,1-2,7,9H2,(H,24,25,26)/t12-/m1/s1. The molecule has 1 aliphatic heterocycles. The van der Waals surface area contributed by atoms with Gasteiger partial charge in [-0.15, -0.1) is 0 Å². The molecule has 1 aromatic heterocycles. The predicted octanol–water partition coefficient (Wildman–Crippen LogP) is 5.29. The van der Waals surface area contributed by atoms with Crippen molar-refractivity contribution in [3.63, 3.8) is 0 Å². The van der Waals surface area contributed by atoms with Gasteiger partial charge in [-0.1, -0.05) is 29.3 Å². The Morgan fingerprint density at radius 1 is 1.15 bits per heavy atom. The van der Waals surface area contributed by atoms with Crippen LogP contribution in [0.2, 0.25) is 10.0 Å². The van der Waals surface area contributed by atoms with Crippen LogP contribution in [0.5, 0.6) is 0 Å². The Hall–Kier alpha value is -1.95. The summed E-state index contributed by atoms with van der Waals surface area (Å²) in [6.45, 7) is 2.03. The van der Waals surface area contributed by atoms with E-state index in [0.717, 1.165) is 36.8 Å². The first-order valence-corrected chi connectivity index (χ1v) is 9.25. The lowest BCUT2D eigenvalue weighted by molar-refractivity contribution is 0.462. The topological polar surface area (TPSA) is 49.8 Å². The normalized spacial score (nSPS) is 17.4. The van der Waals surface area contributed by atoms with E-state index in [0.29, 0.717) is 11.7 Å². The number of benzene rings is 2. The van der Waals surface area contributed by atoms with Gasteiger partial charge in [-0.05, 0) is 55.1 Å². The van der Waals surface area contributed by atoms with E-state index < -0.39 is 5.82 Å². The SMILES string of the molecule is Fc1c(Nc2ncnc3ccc([C@@H]4CCCNC4)cc23)ccc(Cl)c1Cl. The zero-order valence-electron chi connectivity index (χ0n) is 13.9. The Balaban J connectivity index is 1.74. The summed E-state index contributed by atoms with van der Waals surface area (Å²) in [7, 11) is 0. The van der Waals surface area contributed by atoms with Crippen molar-refractivity contribution in [3.05, 3.63) is 58.1 Å². The van der Waals surface area contributed by atoms with Gasteiger partial charge in [-0.25, -0.2) is 14.4 Å². The van der Waals surface area contributed by atoms with Crippen LogP contribution in [0.4, 0.5) is 15.9 Å². The Labute approximate surface area is 160 Å². The van der Waals surface area contributed by atoms with E-state index in [1.807, 2.05) is 6.07 Å². The minimum absolute atomic E-state index is 0.107. The molecule has 7 heteroatoms. The molecule has 0 unspecified atom stereocenters. The average molecular weight is 391 g/mol. The molecule has 2 heterocycles. The lowest BCUT2D eigenvalue weighted by Gasteiger charge is -2.23. The van der Waals surface area contributed by atoms with Crippen LogP contribution in [-0.2, 0) is 0 Å². The molecule has 1 aliphatic rings. The maximum Gasteiger partial charge on any atom is 0.166 e. The Morgan fingerprint density at radius 2 is 2.04 bits per heavy atom. The fraction of sp³-hybridized carbons (Fsp3) is 0.263. The maximum atomic E-state index is 14.4. The highest BCUT2D eigenvalue weighted by atomic mass is 35.5. The van der Waals surface area contributed by atoms with Gasteiger partial charge in [0.15, 0.2) is 5.82 Å². The van der Waals surface area contributed by atoms with Gasteiger partial charge in [0.1, 0.15) is 12.1 Å². The highest BCUT2D eigenvalue weighted by molar-refractivity contribution is 6.42. The second-order valence-corrected chi connectivity index (χ2v) is 7.18. The third-order valence-electron chi connectivity index (χ3n) is 4.72. The molecule has 134 valence electrons. The molecule has 0 bridgehead atoms. The Kier molecular flexibility index (Phi) is 4.94. The van der Waals surface area contributed by atoms with Crippen molar-refractivity contribution in [3.8, 4) is 0 Å². The van der Waals surface area contributed by atoms with Gasteiger partial charge < -0.3 is 10.6 Å². The minimum Gasteiger partial charge on any atom is -0.337 e. The fourth-order valence-corrected chi connectivity index (χ4v) is 3.62. The predicted molar refractivity (Wildman–Crippen MR) is 104 cm³/mol. The third kappa shape index (κ3) is 3.34. The maximum absolute atomic E-state index is 14.4. The Bertz CT molecular complexity index is 958. The molecule has 1 fully saturated rings. The average Bonchev–Trinajstić information content (AvgIpc) is 2.69. The molecule has 1 atom stereocenters. The zero-order chi connectivity index (χ0) is 18.1. The first kappa shape index (κ1) is 17.5. The molecule has 0 saturated carbocycles. The second-order valence-electron chi connectivity index (χ2n) is 6.39. The molecule has 0 aliphatic carbocycles. The largest absolute Gasteiger partial charge is 0.337 e. The quantitative estimate of drug-likeness (QED) is 0.596. The molecular weight excluding hydrogens is 374 g/mol. The van der Waals surface area contributed by atoms with Crippen LogP contribution in [0.1, 0.15) is 24.3 Å². The number of aromatic nitrogens is 2. The monoisotopic (exact) mass is 390 g/mol. The van der Waals surface area contributed by atoms with Gasteiger partial charge in [-0.3, -0.25) is 0 Å². The van der Waals surface area contributed by atoms with Gasteiger partial charge in [0.2, 0.25) is 0 Å². The summed E-state index contributed by atoms with van der Waals surface area (Å²) in [4.78, 5) is 8.62. The van der Waals surface area contributed by atoms with Crippen molar-refractivity contribution in [1.29, 1.82) is 0 Å². The number of halogens is 3. The molecule has 0 amide bonds. The highest BCUT2D eigenvalue weighted by Gasteiger charge is 2.17. The van der Waals surface area contributed by atoms with E-state index in [9.17, 15) is 4.39 Å². The molecule has 0 spiro atoms. The number of anilines is 2. The molecular formula is C19H17Cl2FN4. The molecule has 1 saturated heterocycles. The third-order valence-corrected chi connectivity index (χ3v) is 5.50. The van der Waals surface area contributed by atoms with Gasteiger partial charge in [-0.2, -0.15) is 0 Å². The number of nitrogens with zero attached hydrogens (tertiary/aromatic N) is 2. The van der Waals surface area contributed by atoms with Crippen molar-refractivity contribution < 1.29 is 4.39 Å². The van der Waals surface area contributed by atoms with Crippen molar-refractivity contribution in [2.75, 3.05) is 18.4 Å². The zero-order valence-corrected chi connectivity index (χ0v) is 15.4. The van der Waals surface area contributed by atoms with Crippen molar-refractivity contribution >= 4 is 45.6 Å². The summed E-state index contributed by atoms with van der Waals surface area (Å²) in [6.07, 6.45) is 3.77. The lowest BCUT2D eigenvalue weighted by atomic mass is 9.91. The van der Waals surface area contributed by atoms with Crippen LogP contribution in [0.25, 0.3) is 10.9 Å². The van der Waals surface area contributed by atoms with Crippen LogP contribution in [-0.4, -0.2) is 23.1 Å². The van der Waals surface area contributed by atoms with Crippen LogP contribution >= 0.6 is 23.2 Å². The second kappa shape index (κ2) is 7.35. The van der Waals surface area contributed by atoms with E-state index in [4.69, 9.17) is 23.2 Å². The molecule has 0 radical (unpaired) electrons. The molecule has 26 heavy (non-hydrogen) atoms. The van der Waals surface area contributed by atoms with Crippen molar-refractivity contribution in [1.82, 2.24) is 15.3 Å². The number of fused-ring (bicyclic) bond motifs is 1.